The van der Waals surface area contributed by atoms with E-state index in [0.29, 0.717) is 18.5 Å². The first-order valence-electron chi connectivity index (χ1n) is 12.5. The number of hydrogen-bond donors (Lipinski definition) is 1. The fourth-order valence-electron chi connectivity index (χ4n) is 5.95. The van der Waals surface area contributed by atoms with Crippen LogP contribution in [0.4, 0.5) is 4.39 Å². The lowest BCUT2D eigenvalue weighted by Gasteiger charge is -2.51. The first kappa shape index (κ1) is 23.3. The first-order chi connectivity index (χ1) is 17.9. The third-order valence-electron chi connectivity index (χ3n) is 7.94. The molecule has 2 aliphatic heterocycles. The van der Waals surface area contributed by atoms with Gasteiger partial charge in [-0.2, -0.15) is 0 Å². The fraction of sp³-hybridized carbons (Fsp3) is 0.267. The Kier molecular flexibility index (Phi) is 5.51. The van der Waals surface area contributed by atoms with Gasteiger partial charge in [-0.3, -0.25) is 9.59 Å². The zero-order valence-corrected chi connectivity index (χ0v) is 20.8. The van der Waals surface area contributed by atoms with Gasteiger partial charge in [0, 0.05) is 29.9 Å². The van der Waals surface area contributed by atoms with Crippen LogP contribution in [0.25, 0.3) is 10.9 Å². The zero-order chi connectivity index (χ0) is 25.7. The average molecular weight is 498 g/mol. The molecule has 1 saturated heterocycles. The lowest BCUT2D eigenvalue weighted by molar-refractivity contribution is -0.166. The lowest BCUT2D eigenvalue weighted by Crippen LogP contribution is -2.67. The summed E-state index contributed by atoms with van der Waals surface area (Å²) in [6, 6.07) is 22.5. The van der Waals surface area contributed by atoms with Gasteiger partial charge in [0.2, 0.25) is 5.91 Å². The smallest absolute Gasteiger partial charge is 0.254 e. The highest BCUT2D eigenvalue weighted by Gasteiger charge is 2.56. The Labute approximate surface area is 214 Å². The van der Waals surface area contributed by atoms with Crippen molar-refractivity contribution in [2.75, 3.05) is 26.7 Å². The molecule has 6 rings (SSSR count). The molecule has 2 atom stereocenters. The zero-order valence-electron chi connectivity index (χ0n) is 20.8. The van der Waals surface area contributed by atoms with Crippen LogP contribution < -0.4 is 4.74 Å². The summed E-state index contributed by atoms with van der Waals surface area (Å²) < 4.78 is 19.6. The molecule has 1 fully saturated rings. The summed E-state index contributed by atoms with van der Waals surface area (Å²) in [6.45, 7) is 2.48. The molecular formula is C30H28FN3O3. The number of hydrogen-bond acceptors (Lipinski definition) is 3. The summed E-state index contributed by atoms with van der Waals surface area (Å²) in [6.07, 6.45) is 0.343. The molecule has 37 heavy (non-hydrogen) atoms. The minimum absolute atomic E-state index is 0.0201. The van der Waals surface area contributed by atoms with Crippen LogP contribution in [0.2, 0.25) is 0 Å². The summed E-state index contributed by atoms with van der Waals surface area (Å²) in [4.78, 5) is 34.5. The van der Waals surface area contributed by atoms with E-state index in [1.165, 1.54) is 6.07 Å². The number of carbonyl (C=O) groups is 2. The first-order valence-corrected chi connectivity index (χ1v) is 12.5. The van der Waals surface area contributed by atoms with Crippen molar-refractivity contribution in [2.45, 2.75) is 24.8 Å². The molecule has 2 aliphatic rings. The number of aromatic amines is 1. The Bertz CT molecular complexity index is 1510. The van der Waals surface area contributed by atoms with Gasteiger partial charge in [-0.25, -0.2) is 4.39 Å². The second kappa shape index (κ2) is 8.76. The molecule has 0 aliphatic carbocycles. The molecule has 6 nitrogen and oxygen atoms in total. The van der Waals surface area contributed by atoms with Crippen molar-refractivity contribution in [2.24, 2.45) is 0 Å². The number of aromatic nitrogens is 1. The van der Waals surface area contributed by atoms with Crippen molar-refractivity contribution < 1.29 is 18.7 Å². The molecular weight excluding hydrogens is 469 g/mol. The van der Waals surface area contributed by atoms with Gasteiger partial charge >= 0.3 is 0 Å². The summed E-state index contributed by atoms with van der Waals surface area (Å²) in [5, 5.41) is 1.04. The number of methoxy groups -OCH3 is 1. The number of amides is 2. The van der Waals surface area contributed by atoms with Gasteiger partial charge in [0.1, 0.15) is 11.6 Å². The summed E-state index contributed by atoms with van der Waals surface area (Å²) in [5.74, 6) is 0.0945. The molecule has 1 aromatic heterocycles. The lowest BCUT2D eigenvalue weighted by atomic mass is 9.76. The maximum absolute atomic E-state index is 14.2. The van der Waals surface area contributed by atoms with Gasteiger partial charge in [-0.05, 0) is 54.3 Å². The van der Waals surface area contributed by atoms with E-state index in [1.54, 1.807) is 35.1 Å². The molecule has 3 heterocycles. The van der Waals surface area contributed by atoms with Gasteiger partial charge in [-0.15, -0.1) is 0 Å². The highest BCUT2D eigenvalue weighted by atomic mass is 19.1. The number of fused-ring (bicyclic) bond motifs is 5. The molecule has 0 spiro atoms. The SMILES string of the molecule is COc1ccc(C2CN3C(=O)CN(CCc4ccccc4F)C(=O)[C@]3(C)c3[nH]c4ccccc4c32)cc1. The number of rotatable bonds is 5. The van der Waals surface area contributed by atoms with Crippen LogP contribution in [-0.2, 0) is 21.5 Å². The maximum Gasteiger partial charge on any atom is 0.254 e. The number of nitrogens with zero attached hydrogens (tertiary/aromatic N) is 2. The van der Waals surface area contributed by atoms with Crippen LogP contribution in [0.1, 0.15) is 35.2 Å². The Hall–Kier alpha value is -4.13. The van der Waals surface area contributed by atoms with E-state index in [2.05, 4.69) is 11.1 Å². The van der Waals surface area contributed by atoms with Crippen LogP contribution >= 0.6 is 0 Å². The van der Waals surface area contributed by atoms with Crippen molar-refractivity contribution in [3.05, 3.63) is 101 Å². The number of H-pyrrole nitrogens is 1. The van der Waals surface area contributed by atoms with Crippen molar-refractivity contribution in [1.29, 1.82) is 0 Å². The van der Waals surface area contributed by atoms with Crippen LogP contribution in [0.15, 0.2) is 72.8 Å². The summed E-state index contributed by atoms with van der Waals surface area (Å²) >= 11 is 0. The quantitative estimate of drug-likeness (QED) is 0.439. The Morgan fingerprint density at radius 2 is 1.76 bits per heavy atom. The van der Waals surface area contributed by atoms with Gasteiger partial charge in [0.15, 0.2) is 5.54 Å². The maximum atomic E-state index is 14.2. The molecule has 0 saturated carbocycles. The topological polar surface area (TPSA) is 65.6 Å². The molecule has 0 bridgehead atoms. The highest BCUT2D eigenvalue weighted by molar-refractivity contribution is 6.01. The van der Waals surface area contributed by atoms with Gasteiger partial charge in [-0.1, -0.05) is 48.5 Å². The van der Waals surface area contributed by atoms with Gasteiger partial charge in [0.25, 0.3) is 5.91 Å². The summed E-state index contributed by atoms with van der Waals surface area (Å²) in [5.41, 5.74) is 3.12. The third-order valence-corrected chi connectivity index (χ3v) is 7.94. The number of nitrogens with one attached hydrogen (secondary N) is 1. The van der Waals surface area contributed by atoms with E-state index in [0.717, 1.165) is 33.5 Å². The van der Waals surface area contributed by atoms with Gasteiger partial charge in [0.05, 0.1) is 19.3 Å². The van der Waals surface area contributed by atoms with Crippen LogP contribution in [0.3, 0.4) is 0 Å². The molecule has 188 valence electrons. The molecule has 3 aromatic carbocycles. The fourth-order valence-corrected chi connectivity index (χ4v) is 5.95. The highest BCUT2D eigenvalue weighted by Crippen LogP contribution is 2.48. The number of para-hydroxylation sites is 1. The number of halogens is 1. The molecule has 4 aromatic rings. The Balaban J connectivity index is 1.43. The van der Waals surface area contributed by atoms with E-state index in [1.807, 2.05) is 49.4 Å². The normalized spacial score (nSPS) is 21.2. The van der Waals surface area contributed by atoms with E-state index in [4.69, 9.17) is 4.74 Å². The molecule has 7 heteroatoms. The van der Waals surface area contributed by atoms with E-state index in [-0.39, 0.29) is 36.6 Å². The van der Waals surface area contributed by atoms with E-state index in [9.17, 15) is 14.0 Å². The minimum Gasteiger partial charge on any atom is -0.497 e. The molecule has 2 amide bonds. The standard InChI is InChI=1S/C30H28FN3O3/c1-30-28-27(22-8-4-6-10-25(22)32-28)23(19-11-13-21(37-2)14-12-19)17-34(30)26(35)18-33(29(30)36)16-15-20-7-3-5-9-24(20)31/h3-14,23,32H,15-18H2,1-2H3/t23?,30-/m0/s1. The molecule has 1 N–H and O–H groups in total. The number of ether oxygens (including phenoxy) is 1. The minimum atomic E-state index is -1.18. The van der Waals surface area contributed by atoms with Crippen LogP contribution in [-0.4, -0.2) is 53.3 Å². The monoisotopic (exact) mass is 497 g/mol. The van der Waals surface area contributed by atoms with Crippen molar-refractivity contribution in [3.8, 4) is 5.75 Å². The van der Waals surface area contributed by atoms with Crippen LogP contribution in [0.5, 0.6) is 5.75 Å². The van der Waals surface area contributed by atoms with Crippen molar-refractivity contribution >= 4 is 22.7 Å². The second-order valence-corrected chi connectivity index (χ2v) is 9.93. The van der Waals surface area contributed by atoms with E-state index < -0.39 is 5.54 Å². The van der Waals surface area contributed by atoms with Crippen molar-refractivity contribution in [1.82, 2.24) is 14.8 Å². The molecule has 0 radical (unpaired) electrons. The predicted octanol–water partition coefficient (Wildman–Crippen LogP) is 4.59. The molecule has 1 unspecified atom stereocenters. The number of benzene rings is 3. The van der Waals surface area contributed by atoms with Gasteiger partial charge < -0.3 is 19.5 Å². The van der Waals surface area contributed by atoms with E-state index >= 15 is 0 Å². The van der Waals surface area contributed by atoms with Crippen molar-refractivity contribution in [3.63, 3.8) is 0 Å². The Morgan fingerprint density at radius 1 is 1.03 bits per heavy atom. The Morgan fingerprint density at radius 3 is 2.51 bits per heavy atom. The predicted molar refractivity (Wildman–Crippen MR) is 139 cm³/mol. The number of piperazine rings is 1. The van der Waals surface area contributed by atoms with Crippen LogP contribution in [0, 0.1) is 5.82 Å². The average Bonchev–Trinajstić information content (AvgIpc) is 3.32. The number of carbonyl (C=O) groups excluding carboxylic acids is 2. The third kappa shape index (κ3) is 3.60. The second-order valence-electron chi connectivity index (χ2n) is 9.93. The summed E-state index contributed by atoms with van der Waals surface area (Å²) in [7, 11) is 1.63. The largest absolute Gasteiger partial charge is 0.497 e.